The fourth-order valence-corrected chi connectivity index (χ4v) is 1.77. The van der Waals surface area contributed by atoms with Gasteiger partial charge in [-0.2, -0.15) is 0 Å². The molecule has 1 fully saturated rings. The first-order valence-electron chi connectivity index (χ1n) is 5.57. The van der Waals surface area contributed by atoms with Crippen LogP contribution in [0.2, 0.25) is 0 Å². The fourth-order valence-electron chi connectivity index (χ4n) is 1.77. The number of hydrogen-bond donors (Lipinski definition) is 2. The highest BCUT2D eigenvalue weighted by Crippen LogP contribution is 2.36. The van der Waals surface area contributed by atoms with E-state index in [1.54, 1.807) is 7.05 Å². The number of aromatic nitrogens is 2. The maximum atomic E-state index is 11.0. The Balaban J connectivity index is 2.27. The van der Waals surface area contributed by atoms with Crippen molar-refractivity contribution in [2.45, 2.75) is 25.8 Å². The van der Waals surface area contributed by atoms with Crippen molar-refractivity contribution in [2.24, 2.45) is 5.92 Å². The minimum Gasteiger partial charge on any atom is -0.367 e. The zero-order valence-corrected chi connectivity index (χ0v) is 9.80. The molecule has 1 aliphatic carbocycles. The number of nitrogens with zero attached hydrogens (tertiary/aromatic N) is 3. The van der Waals surface area contributed by atoms with Crippen LogP contribution in [0.5, 0.6) is 0 Å². The zero-order valence-electron chi connectivity index (χ0n) is 9.80. The maximum absolute atomic E-state index is 11.0. The minimum absolute atomic E-state index is 0.0949. The lowest BCUT2D eigenvalue weighted by atomic mass is 10.2. The van der Waals surface area contributed by atoms with Crippen LogP contribution < -0.4 is 10.6 Å². The molecule has 0 amide bonds. The van der Waals surface area contributed by atoms with Crippen molar-refractivity contribution in [3.63, 3.8) is 0 Å². The molecule has 0 saturated heterocycles. The molecular formula is C10H15N5O2. The molecule has 0 spiro atoms. The summed E-state index contributed by atoms with van der Waals surface area (Å²) >= 11 is 0. The van der Waals surface area contributed by atoms with Gasteiger partial charge in [0.05, 0.1) is 4.92 Å². The molecule has 7 heteroatoms. The summed E-state index contributed by atoms with van der Waals surface area (Å²) in [6.07, 6.45) is 3.67. The summed E-state index contributed by atoms with van der Waals surface area (Å²) in [5.41, 5.74) is -0.0949. The van der Waals surface area contributed by atoms with E-state index < -0.39 is 4.92 Å². The van der Waals surface area contributed by atoms with Crippen LogP contribution in [0, 0.1) is 16.0 Å². The van der Waals surface area contributed by atoms with Gasteiger partial charge in [0.15, 0.2) is 0 Å². The predicted octanol–water partition coefficient (Wildman–Crippen LogP) is 1.64. The van der Waals surface area contributed by atoms with Crippen molar-refractivity contribution in [3.05, 3.63) is 16.4 Å². The highest BCUT2D eigenvalue weighted by molar-refractivity contribution is 5.69. The Morgan fingerprint density at radius 2 is 2.12 bits per heavy atom. The van der Waals surface area contributed by atoms with Gasteiger partial charge in [-0.25, -0.2) is 9.97 Å². The quantitative estimate of drug-likeness (QED) is 0.597. The summed E-state index contributed by atoms with van der Waals surface area (Å²) in [5, 5.41) is 16.8. The van der Waals surface area contributed by atoms with Gasteiger partial charge >= 0.3 is 5.69 Å². The number of nitrogens with one attached hydrogen (secondary N) is 2. The second-order valence-electron chi connectivity index (χ2n) is 4.20. The van der Waals surface area contributed by atoms with Crippen LogP contribution in [0.4, 0.5) is 17.3 Å². The second kappa shape index (κ2) is 4.52. The van der Waals surface area contributed by atoms with E-state index >= 15 is 0 Å². The third kappa shape index (κ3) is 2.43. The maximum Gasteiger partial charge on any atom is 0.353 e. The first-order valence-corrected chi connectivity index (χ1v) is 5.57. The molecule has 0 radical (unpaired) electrons. The molecule has 1 heterocycles. The molecule has 0 bridgehead atoms. The first kappa shape index (κ1) is 11.6. The highest BCUT2D eigenvalue weighted by Gasteiger charge is 2.30. The van der Waals surface area contributed by atoms with E-state index in [1.165, 1.54) is 19.2 Å². The van der Waals surface area contributed by atoms with Gasteiger partial charge < -0.3 is 10.6 Å². The lowest BCUT2D eigenvalue weighted by Gasteiger charge is -2.13. The average molecular weight is 237 g/mol. The van der Waals surface area contributed by atoms with Crippen molar-refractivity contribution < 1.29 is 4.92 Å². The van der Waals surface area contributed by atoms with Gasteiger partial charge in [-0.1, -0.05) is 0 Å². The molecule has 1 unspecified atom stereocenters. The molecule has 1 aromatic heterocycles. The van der Waals surface area contributed by atoms with Crippen LogP contribution in [-0.2, 0) is 0 Å². The standard InChI is InChI=1S/C10H15N5O2/c1-6(7-3-4-7)14-10-8(15(16)17)9(11-2)12-5-13-10/h5-7H,3-4H2,1-2H3,(H2,11,12,13,14). The Bertz CT molecular complexity index is 433. The molecule has 2 N–H and O–H groups in total. The Labute approximate surface area is 98.8 Å². The summed E-state index contributed by atoms with van der Waals surface area (Å²) < 4.78 is 0. The number of nitro groups is 1. The SMILES string of the molecule is CNc1ncnc(NC(C)C2CC2)c1[N+](=O)[O-]. The van der Waals surface area contributed by atoms with Gasteiger partial charge in [-0.15, -0.1) is 0 Å². The van der Waals surface area contributed by atoms with Crippen LogP contribution in [0.25, 0.3) is 0 Å². The molecule has 1 aliphatic rings. The summed E-state index contributed by atoms with van der Waals surface area (Å²) in [7, 11) is 1.60. The molecule has 92 valence electrons. The Kier molecular flexibility index (Phi) is 3.08. The van der Waals surface area contributed by atoms with Crippen molar-refractivity contribution >= 4 is 17.3 Å². The van der Waals surface area contributed by atoms with Gasteiger partial charge in [-0.3, -0.25) is 10.1 Å². The smallest absolute Gasteiger partial charge is 0.353 e. The third-order valence-electron chi connectivity index (χ3n) is 2.94. The molecule has 2 rings (SSSR count). The highest BCUT2D eigenvalue weighted by atomic mass is 16.6. The van der Waals surface area contributed by atoms with E-state index in [4.69, 9.17) is 0 Å². The summed E-state index contributed by atoms with van der Waals surface area (Å²) in [6.45, 7) is 2.02. The molecule has 0 aliphatic heterocycles. The summed E-state index contributed by atoms with van der Waals surface area (Å²) in [4.78, 5) is 18.3. The fraction of sp³-hybridized carbons (Fsp3) is 0.600. The molecular weight excluding hydrogens is 222 g/mol. The number of rotatable bonds is 5. The zero-order chi connectivity index (χ0) is 12.4. The van der Waals surface area contributed by atoms with E-state index in [1.807, 2.05) is 6.92 Å². The molecule has 1 atom stereocenters. The molecule has 1 saturated carbocycles. The first-order chi connectivity index (χ1) is 8.13. The van der Waals surface area contributed by atoms with Gasteiger partial charge in [0.2, 0.25) is 11.6 Å². The van der Waals surface area contributed by atoms with Gasteiger partial charge in [0.1, 0.15) is 6.33 Å². The van der Waals surface area contributed by atoms with E-state index in [-0.39, 0.29) is 23.4 Å². The molecule has 17 heavy (non-hydrogen) atoms. The van der Waals surface area contributed by atoms with Crippen molar-refractivity contribution in [3.8, 4) is 0 Å². The van der Waals surface area contributed by atoms with Crippen molar-refractivity contribution in [1.29, 1.82) is 0 Å². The Hall–Kier alpha value is -1.92. The number of hydrogen-bond acceptors (Lipinski definition) is 6. The minimum atomic E-state index is -0.464. The molecule has 7 nitrogen and oxygen atoms in total. The normalized spacial score (nSPS) is 16.4. The van der Waals surface area contributed by atoms with Gasteiger partial charge in [0, 0.05) is 13.1 Å². The Morgan fingerprint density at radius 3 is 2.65 bits per heavy atom. The van der Waals surface area contributed by atoms with Crippen LogP contribution in [-0.4, -0.2) is 28.0 Å². The topological polar surface area (TPSA) is 93.0 Å². The van der Waals surface area contributed by atoms with E-state index in [0.29, 0.717) is 5.92 Å². The average Bonchev–Trinajstić information content (AvgIpc) is 3.11. The largest absolute Gasteiger partial charge is 0.367 e. The van der Waals surface area contributed by atoms with E-state index in [0.717, 1.165) is 0 Å². The molecule has 0 aromatic carbocycles. The lowest BCUT2D eigenvalue weighted by molar-refractivity contribution is -0.383. The van der Waals surface area contributed by atoms with E-state index in [2.05, 4.69) is 20.6 Å². The van der Waals surface area contributed by atoms with Crippen LogP contribution in [0.1, 0.15) is 19.8 Å². The van der Waals surface area contributed by atoms with Crippen LogP contribution in [0.3, 0.4) is 0 Å². The Morgan fingerprint density at radius 1 is 1.47 bits per heavy atom. The summed E-state index contributed by atoms with van der Waals surface area (Å²) in [6, 6.07) is 0.202. The monoisotopic (exact) mass is 237 g/mol. The van der Waals surface area contributed by atoms with Crippen molar-refractivity contribution in [2.75, 3.05) is 17.7 Å². The van der Waals surface area contributed by atoms with Gasteiger partial charge in [-0.05, 0) is 25.7 Å². The third-order valence-corrected chi connectivity index (χ3v) is 2.94. The number of anilines is 2. The van der Waals surface area contributed by atoms with E-state index in [9.17, 15) is 10.1 Å². The second-order valence-corrected chi connectivity index (χ2v) is 4.20. The van der Waals surface area contributed by atoms with Crippen molar-refractivity contribution in [1.82, 2.24) is 9.97 Å². The van der Waals surface area contributed by atoms with Crippen LogP contribution in [0.15, 0.2) is 6.33 Å². The summed E-state index contributed by atoms with van der Waals surface area (Å²) in [5.74, 6) is 1.12. The molecule has 1 aromatic rings. The van der Waals surface area contributed by atoms with Gasteiger partial charge in [0.25, 0.3) is 0 Å². The predicted molar refractivity (Wildman–Crippen MR) is 64.0 cm³/mol. The van der Waals surface area contributed by atoms with Crippen LogP contribution >= 0.6 is 0 Å². The lowest BCUT2D eigenvalue weighted by Crippen LogP contribution is -2.19.